The average molecular weight is 446 g/mol. The van der Waals surface area contributed by atoms with Gasteiger partial charge in [-0.2, -0.15) is 0 Å². The highest BCUT2D eigenvalue weighted by molar-refractivity contribution is 5.87. The van der Waals surface area contributed by atoms with Crippen molar-refractivity contribution < 1.29 is 23.8 Å². The topological polar surface area (TPSA) is 80.3 Å². The second kappa shape index (κ2) is 11.1. The monoisotopic (exact) mass is 445 g/mol. The van der Waals surface area contributed by atoms with Crippen molar-refractivity contribution in [3.05, 3.63) is 29.8 Å². The summed E-state index contributed by atoms with van der Waals surface area (Å²) in [6.07, 6.45) is 3.74. The summed E-state index contributed by atoms with van der Waals surface area (Å²) in [4.78, 5) is 30.2. The molecule has 1 N–H and O–H groups in total. The zero-order valence-corrected chi connectivity index (χ0v) is 18.9. The highest BCUT2D eigenvalue weighted by Gasteiger charge is 2.44. The van der Waals surface area contributed by atoms with Crippen LogP contribution in [0.3, 0.4) is 0 Å². The maximum absolute atomic E-state index is 13.2. The van der Waals surface area contributed by atoms with Crippen molar-refractivity contribution in [2.24, 2.45) is 0 Å². The summed E-state index contributed by atoms with van der Waals surface area (Å²) in [7, 11) is 0. The number of nitrogens with zero attached hydrogens (tertiary/aromatic N) is 2. The van der Waals surface area contributed by atoms with E-state index in [-0.39, 0.29) is 11.8 Å². The number of para-hydroxylation sites is 1. The van der Waals surface area contributed by atoms with Gasteiger partial charge in [-0.25, -0.2) is 0 Å². The standard InChI is InChI=1S/C24H35N3O5/c28-22(8-11-26-12-16-30-17-13-26)27-14-18-32-24(19-27)9-4-3-6-20-5-1-2-7-21(20)31-15-10-25-23(24)29/h1-2,5,7H,3-4,6,8-19H2,(H,25,29). The number of fused-ring (bicyclic) bond motifs is 1. The molecule has 0 aromatic heterocycles. The number of nitrogens with one attached hydrogen (secondary N) is 1. The zero-order valence-electron chi connectivity index (χ0n) is 18.9. The van der Waals surface area contributed by atoms with Crippen LogP contribution in [0.5, 0.6) is 5.75 Å². The van der Waals surface area contributed by atoms with E-state index in [1.807, 2.05) is 23.1 Å². The summed E-state index contributed by atoms with van der Waals surface area (Å²) in [5.41, 5.74) is 0.212. The number of hydrogen-bond donors (Lipinski definition) is 1. The Hall–Kier alpha value is -2.16. The van der Waals surface area contributed by atoms with Gasteiger partial charge in [0, 0.05) is 32.6 Å². The number of rotatable bonds is 3. The fourth-order valence-electron chi connectivity index (χ4n) is 4.70. The second-order valence-corrected chi connectivity index (χ2v) is 8.78. The van der Waals surface area contributed by atoms with Crippen molar-refractivity contribution in [1.29, 1.82) is 0 Å². The van der Waals surface area contributed by atoms with E-state index in [0.29, 0.717) is 45.7 Å². The molecule has 2 amide bonds. The number of ether oxygens (including phenoxy) is 3. The third-order valence-electron chi connectivity index (χ3n) is 6.59. The minimum Gasteiger partial charge on any atom is -0.491 e. The molecular weight excluding hydrogens is 410 g/mol. The van der Waals surface area contributed by atoms with Crippen molar-refractivity contribution in [2.45, 2.75) is 37.7 Å². The summed E-state index contributed by atoms with van der Waals surface area (Å²) >= 11 is 0. The predicted molar refractivity (Wildman–Crippen MR) is 120 cm³/mol. The number of morpholine rings is 2. The van der Waals surface area contributed by atoms with Crippen molar-refractivity contribution >= 4 is 11.8 Å². The lowest BCUT2D eigenvalue weighted by Crippen LogP contribution is -2.61. The predicted octanol–water partition coefficient (Wildman–Crippen LogP) is 1.23. The van der Waals surface area contributed by atoms with Crippen LogP contribution < -0.4 is 10.1 Å². The van der Waals surface area contributed by atoms with Crippen LogP contribution in [0, 0.1) is 0 Å². The molecule has 4 rings (SSSR count). The summed E-state index contributed by atoms with van der Waals surface area (Å²) in [6.45, 7) is 5.97. The molecular formula is C24H35N3O5. The van der Waals surface area contributed by atoms with E-state index < -0.39 is 5.60 Å². The summed E-state index contributed by atoms with van der Waals surface area (Å²) in [5.74, 6) is 0.846. The molecule has 2 fully saturated rings. The first kappa shape index (κ1) is 23.0. The molecule has 1 unspecified atom stereocenters. The van der Waals surface area contributed by atoms with Crippen LogP contribution in [0.15, 0.2) is 24.3 Å². The van der Waals surface area contributed by atoms with E-state index in [1.165, 1.54) is 5.56 Å². The van der Waals surface area contributed by atoms with Gasteiger partial charge in [-0.15, -0.1) is 0 Å². The Labute approximate surface area is 190 Å². The Bertz CT molecular complexity index is 783. The van der Waals surface area contributed by atoms with E-state index in [9.17, 15) is 9.59 Å². The molecule has 1 atom stereocenters. The van der Waals surface area contributed by atoms with Gasteiger partial charge in [0.2, 0.25) is 5.91 Å². The molecule has 8 nitrogen and oxygen atoms in total. The largest absolute Gasteiger partial charge is 0.491 e. The molecule has 1 aromatic rings. The average Bonchev–Trinajstić information content (AvgIpc) is 2.83. The fourth-order valence-corrected chi connectivity index (χ4v) is 4.70. The lowest BCUT2D eigenvalue weighted by molar-refractivity contribution is -0.168. The molecule has 32 heavy (non-hydrogen) atoms. The minimum absolute atomic E-state index is 0.0929. The molecule has 176 valence electrons. The Morgan fingerprint density at radius 1 is 1.06 bits per heavy atom. The van der Waals surface area contributed by atoms with Gasteiger partial charge in [0.1, 0.15) is 12.4 Å². The van der Waals surface area contributed by atoms with E-state index in [4.69, 9.17) is 14.2 Å². The maximum Gasteiger partial charge on any atom is 0.254 e. The summed E-state index contributed by atoms with van der Waals surface area (Å²) in [5, 5.41) is 2.99. The van der Waals surface area contributed by atoms with Gasteiger partial charge in [-0.05, 0) is 37.3 Å². The highest BCUT2D eigenvalue weighted by Crippen LogP contribution is 2.28. The van der Waals surface area contributed by atoms with Crippen LogP contribution in [0.2, 0.25) is 0 Å². The molecule has 3 heterocycles. The maximum atomic E-state index is 13.2. The van der Waals surface area contributed by atoms with Gasteiger partial charge in [0.05, 0.1) is 32.9 Å². The van der Waals surface area contributed by atoms with E-state index in [0.717, 1.165) is 57.9 Å². The van der Waals surface area contributed by atoms with Crippen LogP contribution in [0.25, 0.3) is 0 Å². The molecule has 2 saturated heterocycles. The van der Waals surface area contributed by atoms with Crippen LogP contribution in [-0.4, -0.2) is 92.9 Å². The molecule has 3 aliphatic rings. The van der Waals surface area contributed by atoms with Gasteiger partial charge in [0.15, 0.2) is 5.60 Å². The molecule has 0 aliphatic carbocycles. The Morgan fingerprint density at radius 3 is 2.78 bits per heavy atom. The molecule has 0 radical (unpaired) electrons. The van der Waals surface area contributed by atoms with Crippen molar-refractivity contribution in [3.8, 4) is 5.75 Å². The van der Waals surface area contributed by atoms with Gasteiger partial charge >= 0.3 is 0 Å². The molecule has 0 bridgehead atoms. The molecule has 8 heteroatoms. The second-order valence-electron chi connectivity index (χ2n) is 8.78. The van der Waals surface area contributed by atoms with Crippen LogP contribution in [0.4, 0.5) is 0 Å². The van der Waals surface area contributed by atoms with Gasteiger partial charge < -0.3 is 24.4 Å². The van der Waals surface area contributed by atoms with E-state index in [1.54, 1.807) is 0 Å². The lowest BCUT2D eigenvalue weighted by atomic mass is 9.91. The molecule has 1 spiro atoms. The molecule has 3 aliphatic heterocycles. The third-order valence-corrected chi connectivity index (χ3v) is 6.59. The summed E-state index contributed by atoms with van der Waals surface area (Å²) in [6, 6.07) is 8.08. The van der Waals surface area contributed by atoms with Gasteiger partial charge in [0.25, 0.3) is 5.91 Å². The van der Waals surface area contributed by atoms with Crippen LogP contribution in [0.1, 0.15) is 31.2 Å². The Kier molecular flexibility index (Phi) is 8.00. The first-order chi connectivity index (χ1) is 15.7. The van der Waals surface area contributed by atoms with Crippen LogP contribution in [-0.2, 0) is 25.5 Å². The molecule has 1 aromatic carbocycles. The Balaban J connectivity index is 1.37. The van der Waals surface area contributed by atoms with E-state index >= 15 is 0 Å². The third kappa shape index (κ3) is 5.79. The Morgan fingerprint density at radius 2 is 1.91 bits per heavy atom. The summed E-state index contributed by atoms with van der Waals surface area (Å²) < 4.78 is 17.4. The molecule has 0 saturated carbocycles. The first-order valence-corrected chi connectivity index (χ1v) is 11.9. The lowest BCUT2D eigenvalue weighted by Gasteiger charge is -2.42. The first-order valence-electron chi connectivity index (χ1n) is 11.9. The van der Waals surface area contributed by atoms with Gasteiger partial charge in [-0.3, -0.25) is 14.5 Å². The smallest absolute Gasteiger partial charge is 0.254 e. The number of carbonyl (C=O) groups is 2. The van der Waals surface area contributed by atoms with Crippen molar-refractivity contribution in [3.63, 3.8) is 0 Å². The number of hydrogen-bond acceptors (Lipinski definition) is 6. The fraction of sp³-hybridized carbons (Fsp3) is 0.667. The minimum atomic E-state index is -0.981. The van der Waals surface area contributed by atoms with Gasteiger partial charge in [-0.1, -0.05) is 18.2 Å². The number of benzene rings is 1. The van der Waals surface area contributed by atoms with Crippen molar-refractivity contribution in [2.75, 3.05) is 65.7 Å². The number of carbonyl (C=O) groups excluding carboxylic acids is 2. The number of amides is 2. The SMILES string of the molecule is O=C(CCN1CCOCC1)N1CCOC2(CCCCc3ccccc3OCCNC2=O)C1. The van der Waals surface area contributed by atoms with E-state index in [2.05, 4.69) is 16.3 Å². The highest BCUT2D eigenvalue weighted by atomic mass is 16.5. The quantitative estimate of drug-likeness (QED) is 0.754. The van der Waals surface area contributed by atoms with Crippen molar-refractivity contribution in [1.82, 2.24) is 15.1 Å². The normalized spacial score (nSPS) is 25.8. The van der Waals surface area contributed by atoms with Crippen LogP contribution >= 0.6 is 0 Å². The number of aryl methyl sites for hydroxylation is 1. The zero-order chi connectivity index (χ0) is 22.2.